The van der Waals surface area contributed by atoms with E-state index in [1.165, 1.54) is 18.5 Å². The maximum absolute atomic E-state index is 4.57. The van der Waals surface area contributed by atoms with Gasteiger partial charge in [-0.1, -0.05) is 6.07 Å². The van der Waals surface area contributed by atoms with Crippen molar-refractivity contribution in [3.63, 3.8) is 0 Å². The molecule has 2 heterocycles. The maximum atomic E-state index is 4.57. The largest absolute Gasteiger partial charge is 0.317 e. The molecule has 2 rings (SSSR count). The molecular weight excluding hydrogens is 196 g/mol. The van der Waals surface area contributed by atoms with Crippen LogP contribution in [0.15, 0.2) is 18.2 Å². The summed E-state index contributed by atoms with van der Waals surface area (Å²) in [6, 6.07) is 6.33. The summed E-state index contributed by atoms with van der Waals surface area (Å²) >= 11 is 0. The molecule has 0 unspecified atom stereocenters. The van der Waals surface area contributed by atoms with Gasteiger partial charge in [0.2, 0.25) is 0 Å². The van der Waals surface area contributed by atoms with E-state index >= 15 is 0 Å². The van der Waals surface area contributed by atoms with Crippen LogP contribution in [0.3, 0.4) is 0 Å². The Morgan fingerprint density at radius 3 is 2.64 bits per heavy atom. The fourth-order valence-corrected chi connectivity index (χ4v) is 1.91. The quantitative estimate of drug-likeness (QED) is 0.773. The average Bonchev–Trinajstić information content (AvgIpc) is 2.19. The van der Waals surface area contributed by atoms with Gasteiger partial charge in [0.05, 0.1) is 0 Å². The van der Waals surface area contributed by atoms with Crippen LogP contribution in [0.25, 0.3) is 0 Å². The molecule has 0 amide bonds. The number of piperidine rings is 1. The summed E-state index contributed by atoms with van der Waals surface area (Å²) < 4.78 is 0. The van der Waals surface area contributed by atoms with Crippen molar-refractivity contribution in [3.8, 4) is 0 Å². The Kier molecular flexibility index (Phi) is 4.36. The van der Waals surface area contributed by atoms with E-state index in [4.69, 9.17) is 0 Å². The van der Waals surface area contributed by atoms with Gasteiger partial charge in [-0.25, -0.2) is 0 Å². The average molecular weight is 213 g/mol. The summed E-state index contributed by atoms with van der Waals surface area (Å²) in [6.07, 6.45) is 2.47. The van der Waals surface area contributed by atoms with Gasteiger partial charge in [0, 0.05) is 17.3 Å². The Hall–Kier alpha value is -0.600. The molecule has 1 aliphatic rings. The summed E-state index contributed by atoms with van der Waals surface area (Å²) in [5.41, 5.74) is 2.41. The van der Waals surface area contributed by atoms with Crippen LogP contribution in [-0.4, -0.2) is 18.1 Å². The molecule has 0 radical (unpaired) electrons. The molecule has 0 aromatic carbocycles. The van der Waals surface area contributed by atoms with Crippen LogP contribution < -0.4 is 5.32 Å². The molecule has 1 aromatic heterocycles. The minimum Gasteiger partial charge on any atom is -0.317 e. The molecule has 0 aliphatic carbocycles. The molecule has 0 spiro atoms. The highest BCUT2D eigenvalue weighted by molar-refractivity contribution is 5.85. The van der Waals surface area contributed by atoms with Crippen LogP contribution in [-0.2, 0) is 0 Å². The van der Waals surface area contributed by atoms with Gasteiger partial charge in [0.15, 0.2) is 0 Å². The van der Waals surface area contributed by atoms with Crippen molar-refractivity contribution in [2.24, 2.45) is 0 Å². The van der Waals surface area contributed by atoms with Crippen molar-refractivity contribution in [1.82, 2.24) is 10.3 Å². The molecule has 14 heavy (non-hydrogen) atoms. The van der Waals surface area contributed by atoms with Crippen molar-refractivity contribution in [1.29, 1.82) is 0 Å². The predicted octanol–water partition coefficient (Wildman–Crippen LogP) is 2.28. The zero-order chi connectivity index (χ0) is 9.10. The number of nitrogens with one attached hydrogen (secondary N) is 1. The van der Waals surface area contributed by atoms with Crippen LogP contribution in [0, 0.1) is 6.92 Å². The van der Waals surface area contributed by atoms with Crippen LogP contribution >= 0.6 is 12.4 Å². The first-order chi connectivity index (χ1) is 6.36. The number of hydrogen-bond donors (Lipinski definition) is 1. The van der Waals surface area contributed by atoms with E-state index in [-0.39, 0.29) is 12.4 Å². The summed E-state index contributed by atoms with van der Waals surface area (Å²) in [5.74, 6) is 0.682. The van der Waals surface area contributed by atoms with Gasteiger partial charge in [0.25, 0.3) is 0 Å². The van der Waals surface area contributed by atoms with Gasteiger partial charge in [-0.2, -0.15) is 0 Å². The first kappa shape index (κ1) is 11.5. The minimum atomic E-state index is 0. The van der Waals surface area contributed by atoms with Crippen LogP contribution in [0.1, 0.15) is 30.1 Å². The van der Waals surface area contributed by atoms with Gasteiger partial charge in [-0.3, -0.25) is 4.98 Å². The highest BCUT2D eigenvalue weighted by Crippen LogP contribution is 2.23. The lowest BCUT2D eigenvalue weighted by Crippen LogP contribution is -2.27. The number of pyridine rings is 1. The van der Waals surface area contributed by atoms with Gasteiger partial charge in [-0.05, 0) is 45.0 Å². The minimum absolute atomic E-state index is 0. The number of hydrogen-bond acceptors (Lipinski definition) is 2. The van der Waals surface area contributed by atoms with Gasteiger partial charge >= 0.3 is 0 Å². The van der Waals surface area contributed by atoms with Crippen molar-refractivity contribution in [2.75, 3.05) is 13.1 Å². The Bertz CT molecular complexity index is 282. The molecule has 0 atom stereocenters. The lowest BCUT2D eigenvalue weighted by atomic mass is 9.94. The van der Waals surface area contributed by atoms with Crippen LogP contribution in [0.2, 0.25) is 0 Å². The van der Waals surface area contributed by atoms with E-state index in [2.05, 4.69) is 35.4 Å². The second kappa shape index (κ2) is 5.32. The number of aromatic nitrogens is 1. The topological polar surface area (TPSA) is 24.9 Å². The van der Waals surface area contributed by atoms with Crippen molar-refractivity contribution < 1.29 is 0 Å². The fourth-order valence-electron chi connectivity index (χ4n) is 1.91. The molecule has 0 saturated carbocycles. The standard InChI is InChI=1S/C11H16N2.ClH/c1-9-3-2-4-11(13-9)10-5-7-12-8-6-10;/h2-4,10,12H,5-8H2,1H3;1H. The fraction of sp³-hybridized carbons (Fsp3) is 0.545. The Labute approximate surface area is 91.5 Å². The Morgan fingerprint density at radius 1 is 1.29 bits per heavy atom. The summed E-state index contributed by atoms with van der Waals surface area (Å²) in [5, 5.41) is 3.37. The monoisotopic (exact) mass is 212 g/mol. The number of halogens is 1. The number of rotatable bonds is 1. The summed E-state index contributed by atoms with van der Waals surface area (Å²) in [6.45, 7) is 4.34. The highest BCUT2D eigenvalue weighted by Gasteiger charge is 2.15. The van der Waals surface area contributed by atoms with E-state index in [1.807, 2.05) is 0 Å². The molecule has 1 aliphatic heterocycles. The normalized spacial score (nSPS) is 17.5. The molecule has 78 valence electrons. The lowest BCUT2D eigenvalue weighted by molar-refractivity contribution is 0.453. The molecule has 1 aromatic rings. The van der Waals surface area contributed by atoms with E-state index in [9.17, 15) is 0 Å². The van der Waals surface area contributed by atoms with Gasteiger partial charge in [-0.15, -0.1) is 12.4 Å². The van der Waals surface area contributed by atoms with E-state index in [0.717, 1.165) is 18.8 Å². The zero-order valence-corrected chi connectivity index (χ0v) is 9.31. The molecule has 0 bridgehead atoms. The van der Waals surface area contributed by atoms with Crippen LogP contribution in [0.5, 0.6) is 0 Å². The van der Waals surface area contributed by atoms with Crippen LogP contribution in [0.4, 0.5) is 0 Å². The summed E-state index contributed by atoms with van der Waals surface area (Å²) in [4.78, 5) is 4.57. The van der Waals surface area contributed by atoms with E-state index in [0.29, 0.717) is 5.92 Å². The number of aryl methyl sites for hydroxylation is 1. The third-order valence-electron chi connectivity index (χ3n) is 2.67. The molecule has 1 N–H and O–H groups in total. The SMILES string of the molecule is Cc1cccc(C2CCNCC2)n1.Cl. The third-order valence-corrected chi connectivity index (χ3v) is 2.67. The first-order valence-electron chi connectivity index (χ1n) is 5.00. The van der Waals surface area contributed by atoms with Gasteiger partial charge in [0.1, 0.15) is 0 Å². The second-order valence-corrected chi connectivity index (χ2v) is 3.73. The molecule has 3 heteroatoms. The summed E-state index contributed by atoms with van der Waals surface area (Å²) in [7, 11) is 0. The molecule has 1 saturated heterocycles. The smallest absolute Gasteiger partial charge is 0.0438 e. The van der Waals surface area contributed by atoms with Crippen molar-refractivity contribution >= 4 is 12.4 Å². The van der Waals surface area contributed by atoms with E-state index < -0.39 is 0 Å². The first-order valence-corrected chi connectivity index (χ1v) is 5.00. The third kappa shape index (κ3) is 2.69. The Morgan fingerprint density at radius 2 is 2.00 bits per heavy atom. The second-order valence-electron chi connectivity index (χ2n) is 3.73. The predicted molar refractivity (Wildman–Crippen MR) is 61.1 cm³/mol. The van der Waals surface area contributed by atoms with Gasteiger partial charge < -0.3 is 5.32 Å². The Balaban J connectivity index is 0.000000980. The maximum Gasteiger partial charge on any atom is 0.0438 e. The molecule has 1 fully saturated rings. The van der Waals surface area contributed by atoms with Crippen molar-refractivity contribution in [3.05, 3.63) is 29.6 Å². The zero-order valence-electron chi connectivity index (χ0n) is 8.49. The number of nitrogens with zero attached hydrogens (tertiary/aromatic N) is 1. The molecule has 2 nitrogen and oxygen atoms in total. The molecular formula is C11H17ClN2. The van der Waals surface area contributed by atoms with Crippen molar-refractivity contribution in [2.45, 2.75) is 25.7 Å². The highest BCUT2D eigenvalue weighted by atomic mass is 35.5. The van der Waals surface area contributed by atoms with E-state index in [1.54, 1.807) is 0 Å². The lowest BCUT2D eigenvalue weighted by Gasteiger charge is -2.22.